The smallest absolute Gasteiger partial charge is 0.182 e. The first-order chi connectivity index (χ1) is 38.1. The fourth-order valence-electron chi connectivity index (χ4n) is 21.1. The Hall–Kier alpha value is -2.55. The van der Waals surface area contributed by atoms with Crippen molar-refractivity contribution >= 4 is 5.78 Å². The fourth-order valence-corrected chi connectivity index (χ4v) is 21.1. The number of rotatable bonds is 17. The minimum absolute atomic E-state index is 0.00281. The second kappa shape index (κ2) is 21.4. The molecule has 12 aliphatic rings. The molecule has 2 spiro atoms. The summed E-state index contributed by atoms with van der Waals surface area (Å²) in [5, 5.41) is 127. The number of aliphatic hydroxyl groups excluding tert-OH is 5. The molecule has 0 amide bonds. The number of nitrogens with two attached hydrogens (primary N) is 1. The SMILES string of the molecule is CCCC1CCC2OC3C(C(O)CCCC3(O)C(C)(O)C3CCC4(O)C5=C(NCC(C)O)C(=O)C6CC(O)C(O)CC67CC6(C8=C(CCCO)NC(N)C=C8)C=CC(O)(CC34C3CCC(CCOC)(CNC)CC3)C57C=C6)C2CC1. The molecular formula is C64H100N4O12. The topological polar surface area (TPSA) is 280 Å². The summed E-state index contributed by atoms with van der Waals surface area (Å²) in [4.78, 5) is 16.4. The molecule has 1 saturated heterocycles. The molecule has 2 heterocycles. The van der Waals surface area contributed by atoms with Gasteiger partial charge in [-0.3, -0.25) is 4.79 Å². The van der Waals surface area contributed by atoms with Crippen LogP contribution in [0.4, 0.5) is 0 Å². The summed E-state index contributed by atoms with van der Waals surface area (Å²) in [7, 11) is 3.69. The molecule has 12 rings (SSSR count). The van der Waals surface area contributed by atoms with Crippen LogP contribution in [0.25, 0.3) is 0 Å². The van der Waals surface area contributed by atoms with Gasteiger partial charge in [0, 0.05) is 72.8 Å². The largest absolute Gasteiger partial charge is 0.396 e. The first-order valence-electron chi connectivity index (χ1n) is 31.5. The molecule has 0 aromatic carbocycles. The first kappa shape index (κ1) is 59.2. The van der Waals surface area contributed by atoms with E-state index in [-0.39, 0.29) is 92.9 Å². The van der Waals surface area contributed by atoms with Gasteiger partial charge in [0.25, 0.3) is 0 Å². The van der Waals surface area contributed by atoms with Gasteiger partial charge in [0.2, 0.25) is 0 Å². The lowest BCUT2D eigenvalue weighted by atomic mass is 9.30. The first-order valence-corrected chi connectivity index (χ1v) is 31.5. The summed E-state index contributed by atoms with van der Waals surface area (Å²) in [6.07, 6.45) is 17.8. The molecule has 10 aliphatic carbocycles. The Labute approximate surface area is 475 Å². The van der Waals surface area contributed by atoms with Crippen LogP contribution in [0.15, 0.2) is 59.0 Å². The van der Waals surface area contributed by atoms with E-state index < -0.39 is 98.5 Å². The molecule has 20 unspecified atom stereocenters. The quantitative estimate of drug-likeness (QED) is 0.0887. The van der Waals surface area contributed by atoms with Crippen LogP contribution in [-0.2, 0) is 14.3 Å². The standard InChI is InChI=1S/C64H100N4O12/c1-6-9-39-12-14-41-48(16-13-39)80-55-51(41)45(71)11-7-21-64(55,78)56(3,75)49-20-24-63(77)54-52(67-34-38(2)70)53(74)43-32-46(72)47(73)33-59(43)35-58(42-15-17-50(65)68-44(42)10-8-30-69)25-27-60(76,62(54,59)28-26-58)36-61(49,63)40-18-22-57(23-19-40,37-66-4)29-31-79-5/h15,17,25-28,38-41,43,45-51,55,66-73,75-78H,6-14,16,18-24,29-37,65H2,1-5H3. The third-order valence-corrected chi connectivity index (χ3v) is 24.5. The van der Waals surface area contributed by atoms with Gasteiger partial charge in [0.05, 0.1) is 70.7 Å². The van der Waals surface area contributed by atoms with E-state index in [1.807, 2.05) is 31.4 Å². The fraction of sp³-hybridized carbons (Fsp3) is 0.828. The highest BCUT2D eigenvalue weighted by Crippen LogP contribution is 2.83. The third kappa shape index (κ3) is 8.53. The lowest BCUT2D eigenvalue weighted by Gasteiger charge is -2.74. The molecule has 0 aromatic heterocycles. The Morgan fingerprint density at radius 3 is 2.41 bits per heavy atom. The van der Waals surface area contributed by atoms with Gasteiger partial charge in [-0.05, 0) is 184 Å². The highest BCUT2D eigenvalue weighted by molar-refractivity contribution is 6.01. The zero-order valence-electron chi connectivity index (χ0n) is 48.7. The third-order valence-electron chi connectivity index (χ3n) is 24.5. The lowest BCUT2D eigenvalue weighted by Crippen LogP contribution is -2.78. The predicted molar refractivity (Wildman–Crippen MR) is 303 cm³/mol. The second-order valence-electron chi connectivity index (χ2n) is 28.4. The van der Waals surface area contributed by atoms with E-state index in [2.05, 4.69) is 35.0 Å². The Kier molecular flexibility index (Phi) is 15.9. The summed E-state index contributed by atoms with van der Waals surface area (Å²) >= 11 is 0. The zero-order chi connectivity index (χ0) is 57.1. The van der Waals surface area contributed by atoms with Crippen LogP contribution in [-0.4, -0.2) is 157 Å². The average molecular weight is 1120 g/mol. The van der Waals surface area contributed by atoms with E-state index in [0.29, 0.717) is 56.6 Å². The van der Waals surface area contributed by atoms with Crippen molar-refractivity contribution in [2.45, 2.75) is 227 Å². The van der Waals surface area contributed by atoms with Gasteiger partial charge in [-0.2, -0.15) is 0 Å². The number of hydrogen-bond acceptors (Lipinski definition) is 16. The maximum absolute atomic E-state index is 16.4. The Morgan fingerprint density at radius 2 is 1.70 bits per heavy atom. The summed E-state index contributed by atoms with van der Waals surface area (Å²) < 4.78 is 12.9. The van der Waals surface area contributed by atoms with Crippen molar-refractivity contribution in [1.29, 1.82) is 0 Å². The van der Waals surface area contributed by atoms with Crippen LogP contribution in [0.1, 0.15) is 162 Å². The van der Waals surface area contributed by atoms with Crippen molar-refractivity contribution in [2.24, 2.45) is 68.3 Å². The maximum Gasteiger partial charge on any atom is 0.182 e. The van der Waals surface area contributed by atoms with Gasteiger partial charge in [-0.1, -0.05) is 56.6 Å². The molecule has 2 aliphatic heterocycles. The molecule has 0 aromatic rings. The minimum Gasteiger partial charge on any atom is -0.396 e. The van der Waals surface area contributed by atoms with E-state index in [1.54, 1.807) is 21.0 Å². The van der Waals surface area contributed by atoms with Crippen LogP contribution >= 0.6 is 0 Å². The van der Waals surface area contributed by atoms with Crippen molar-refractivity contribution in [3.8, 4) is 0 Å². The van der Waals surface area contributed by atoms with Crippen LogP contribution < -0.4 is 21.7 Å². The Balaban J connectivity index is 1.15. The number of ketones is 1. The minimum atomic E-state index is -2.00. The number of carbonyl (C=O) groups is 1. The van der Waals surface area contributed by atoms with Crippen molar-refractivity contribution in [2.75, 3.05) is 40.5 Å². The predicted octanol–water partition coefficient (Wildman–Crippen LogP) is 4.60. The molecule has 16 heteroatoms. The van der Waals surface area contributed by atoms with Gasteiger partial charge in [-0.25, -0.2) is 0 Å². The molecule has 0 radical (unpaired) electrons. The molecule has 448 valence electrons. The van der Waals surface area contributed by atoms with E-state index in [4.69, 9.17) is 15.2 Å². The van der Waals surface area contributed by atoms with Crippen molar-refractivity contribution < 1.29 is 60.2 Å². The number of methoxy groups -OCH3 is 1. The van der Waals surface area contributed by atoms with Crippen LogP contribution in [0.2, 0.25) is 0 Å². The number of fused-ring (bicyclic) bond motifs is 5. The average Bonchev–Trinajstić information content (AvgIpc) is 2.56. The van der Waals surface area contributed by atoms with Gasteiger partial charge in [0.15, 0.2) is 5.78 Å². The number of allylic oxidation sites excluding steroid dienone is 6. The summed E-state index contributed by atoms with van der Waals surface area (Å²) in [5.41, 5.74) is -4.74. The van der Waals surface area contributed by atoms with Crippen LogP contribution in [0.5, 0.6) is 0 Å². The summed E-state index contributed by atoms with van der Waals surface area (Å²) in [6, 6.07) is 0. The molecule has 14 N–H and O–H groups in total. The van der Waals surface area contributed by atoms with Gasteiger partial charge in [0.1, 0.15) is 5.60 Å². The molecule has 2 bridgehead atoms. The van der Waals surface area contributed by atoms with E-state index in [0.717, 1.165) is 75.6 Å². The number of aliphatic hydroxyl groups is 9. The Morgan fingerprint density at radius 1 is 0.950 bits per heavy atom. The van der Waals surface area contributed by atoms with Gasteiger partial charge >= 0.3 is 0 Å². The number of Topliss-reactive ketones (excluding diaryl/α,β-unsaturated/α-hetero) is 1. The Bertz CT molecular complexity index is 2490. The molecule has 7 fully saturated rings. The van der Waals surface area contributed by atoms with Crippen molar-refractivity contribution in [3.05, 3.63) is 59.0 Å². The maximum atomic E-state index is 16.4. The van der Waals surface area contributed by atoms with Crippen molar-refractivity contribution in [3.63, 3.8) is 0 Å². The molecule has 6 saturated carbocycles. The van der Waals surface area contributed by atoms with Crippen LogP contribution in [0.3, 0.4) is 0 Å². The normalized spacial score (nSPS) is 48.7. The molecule has 20 atom stereocenters. The van der Waals surface area contributed by atoms with Crippen molar-refractivity contribution in [1.82, 2.24) is 16.0 Å². The summed E-state index contributed by atoms with van der Waals surface area (Å²) in [5.74, 6) is -2.46. The lowest BCUT2D eigenvalue weighted by molar-refractivity contribution is -0.286. The monoisotopic (exact) mass is 1120 g/mol. The molecule has 80 heavy (non-hydrogen) atoms. The second-order valence-corrected chi connectivity index (χ2v) is 28.4. The summed E-state index contributed by atoms with van der Waals surface area (Å²) in [6.45, 7) is 6.79. The number of hydrogen-bond donors (Lipinski definition) is 13. The van der Waals surface area contributed by atoms with E-state index in [1.165, 1.54) is 0 Å². The number of ether oxygens (including phenoxy) is 2. The highest BCUT2D eigenvalue weighted by atomic mass is 16.5. The van der Waals surface area contributed by atoms with Gasteiger partial charge in [-0.15, -0.1) is 0 Å². The molecular weight excluding hydrogens is 1020 g/mol. The molecule has 16 nitrogen and oxygen atoms in total. The number of nitrogens with one attached hydrogen (secondary N) is 3. The zero-order valence-corrected chi connectivity index (χ0v) is 48.7. The van der Waals surface area contributed by atoms with Crippen LogP contribution in [0, 0.1) is 62.6 Å². The number of dihydropyridines is 1. The van der Waals surface area contributed by atoms with Gasteiger partial charge < -0.3 is 77.1 Å². The number of carbonyl (C=O) groups excluding carboxylic acids is 1. The van der Waals surface area contributed by atoms with E-state index >= 15 is 15.0 Å². The van der Waals surface area contributed by atoms with E-state index in [9.17, 15) is 35.7 Å². The highest BCUT2D eigenvalue weighted by Gasteiger charge is 2.85.